The van der Waals surface area contributed by atoms with Gasteiger partial charge in [-0.2, -0.15) is 0 Å². The summed E-state index contributed by atoms with van der Waals surface area (Å²) in [5, 5.41) is 9.42. The predicted octanol–water partition coefficient (Wildman–Crippen LogP) is 5.84. The third kappa shape index (κ3) is 4.11. The normalized spacial score (nSPS) is 15.7. The number of carbonyl (C=O) groups is 2. The van der Waals surface area contributed by atoms with Crippen molar-refractivity contribution in [3.05, 3.63) is 88.5 Å². The zero-order chi connectivity index (χ0) is 22.9. The van der Waals surface area contributed by atoms with E-state index in [1.807, 2.05) is 60.4 Å². The Labute approximate surface area is 193 Å². The third-order valence-electron chi connectivity index (χ3n) is 6.88. The number of benzene rings is 3. The lowest BCUT2D eigenvalue weighted by Crippen LogP contribution is -2.33. The summed E-state index contributed by atoms with van der Waals surface area (Å²) >= 11 is 0. The standard InChI is InChI=1S/C28H27NO4/c1-18-24(10-5-11-25(18)28(31)32)20-7-4-6-19(14-20)17-33-23-12-13-26-21(15-23)16-29(27(26)30)22-8-2-3-9-22/h4-7,10-15,22H,2-3,8-9,16-17H2,1H3,(H,31,32). The van der Waals surface area contributed by atoms with Gasteiger partial charge in [-0.15, -0.1) is 0 Å². The molecule has 0 radical (unpaired) electrons. The zero-order valence-electron chi connectivity index (χ0n) is 18.7. The van der Waals surface area contributed by atoms with Gasteiger partial charge >= 0.3 is 5.97 Å². The average Bonchev–Trinajstić information content (AvgIpc) is 3.46. The first-order valence-corrected chi connectivity index (χ1v) is 11.5. The maximum absolute atomic E-state index is 12.8. The molecule has 3 aromatic carbocycles. The van der Waals surface area contributed by atoms with E-state index in [4.69, 9.17) is 4.74 Å². The van der Waals surface area contributed by atoms with Gasteiger partial charge in [0.25, 0.3) is 5.91 Å². The number of aromatic carboxylic acids is 1. The van der Waals surface area contributed by atoms with Crippen molar-refractivity contribution in [2.24, 2.45) is 0 Å². The van der Waals surface area contributed by atoms with E-state index in [0.29, 0.717) is 24.8 Å². The third-order valence-corrected chi connectivity index (χ3v) is 6.88. The Kier molecular flexibility index (Phi) is 5.63. The molecule has 0 aromatic heterocycles. The van der Waals surface area contributed by atoms with Crippen LogP contribution < -0.4 is 4.74 Å². The van der Waals surface area contributed by atoms with Gasteiger partial charge in [-0.05, 0) is 77.9 Å². The van der Waals surface area contributed by atoms with E-state index in [2.05, 4.69) is 0 Å². The van der Waals surface area contributed by atoms with Gasteiger partial charge in [0.1, 0.15) is 12.4 Å². The number of nitrogens with zero attached hydrogens (tertiary/aromatic N) is 1. The van der Waals surface area contributed by atoms with Gasteiger partial charge in [0.15, 0.2) is 0 Å². The summed E-state index contributed by atoms with van der Waals surface area (Å²) in [5.41, 5.74) is 5.76. The molecule has 0 spiro atoms. The molecule has 1 fully saturated rings. The Morgan fingerprint density at radius 2 is 1.82 bits per heavy atom. The fourth-order valence-electron chi connectivity index (χ4n) is 5.10. The minimum Gasteiger partial charge on any atom is -0.489 e. The smallest absolute Gasteiger partial charge is 0.335 e. The molecule has 0 bridgehead atoms. The zero-order valence-corrected chi connectivity index (χ0v) is 18.7. The molecule has 1 saturated carbocycles. The van der Waals surface area contributed by atoms with Crippen LogP contribution in [0.15, 0.2) is 60.7 Å². The predicted molar refractivity (Wildman–Crippen MR) is 126 cm³/mol. The second-order valence-electron chi connectivity index (χ2n) is 8.96. The van der Waals surface area contributed by atoms with E-state index in [0.717, 1.165) is 52.0 Å². The Morgan fingerprint density at radius 1 is 1.03 bits per heavy atom. The van der Waals surface area contributed by atoms with Crippen LogP contribution in [0.4, 0.5) is 0 Å². The highest BCUT2D eigenvalue weighted by Gasteiger charge is 2.34. The molecule has 3 aromatic rings. The number of fused-ring (bicyclic) bond motifs is 1. The monoisotopic (exact) mass is 441 g/mol. The van der Waals surface area contributed by atoms with Gasteiger partial charge in [0.05, 0.1) is 5.56 Å². The first-order chi connectivity index (χ1) is 16.0. The van der Waals surface area contributed by atoms with Crippen LogP contribution in [0.1, 0.15) is 63.1 Å². The second kappa shape index (κ2) is 8.74. The van der Waals surface area contributed by atoms with Crippen LogP contribution in [0.2, 0.25) is 0 Å². The number of amides is 1. The van der Waals surface area contributed by atoms with Gasteiger partial charge < -0.3 is 14.7 Å². The highest BCUT2D eigenvalue weighted by atomic mass is 16.5. The summed E-state index contributed by atoms with van der Waals surface area (Å²) in [4.78, 5) is 26.3. The Hall–Kier alpha value is -3.60. The SMILES string of the molecule is Cc1c(C(=O)O)cccc1-c1cccc(COc2ccc3c(c2)CN(C2CCCC2)C3=O)c1. The molecule has 33 heavy (non-hydrogen) atoms. The topological polar surface area (TPSA) is 66.8 Å². The molecule has 5 rings (SSSR count). The van der Waals surface area contributed by atoms with E-state index in [9.17, 15) is 14.7 Å². The van der Waals surface area contributed by atoms with E-state index in [-0.39, 0.29) is 5.91 Å². The van der Waals surface area contributed by atoms with Crippen molar-refractivity contribution < 1.29 is 19.4 Å². The fourth-order valence-corrected chi connectivity index (χ4v) is 5.10. The Balaban J connectivity index is 1.31. The lowest BCUT2D eigenvalue weighted by atomic mass is 9.95. The minimum atomic E-state index is -0.921. The molecular formula is C28H27NO4. The van der Waals surface area contributed by atoms with Crippen LogP contribution >= 0.6 is 0 Å². The van der Waals surface area contributed by atoms with Crippen molar-refractivity contribution in [1.29, 1.82) is 0 Å². The van der Waals surface area contributed by atoms with Crippen molar-refractivity contribution in [3.63, 3.8) is 0 Å². The molecule has 0 saturated heterocycles. The molecule has 1 aliphatic heterocycles. The van der Waals surface area contributed by atoms with E-state index < -0.39 is 5.97 Å². The number of carboxylic acids is 1. The van der Waals surface area contributed by atoms with Crippen LogP contribution in [0.3, 0.4) is 0 Å². The Morgan fingerprint density at radius 3 is 2.61 bits per heavy atom. The average molecular weight is 442 g/mol. The van der Waals surface area contributed by atoms with Gasteiger partial charge in [0.2, 0.25) is 0 Å². The minimum absolute atomic E-state index is 0.148. The van der Waals surface area contributed by atoms with Crippen LogP contribution in [-0.2, 0) is 13.2 Å². The quantitative estimate of drug-likeness (QED) is 0.522. The maximum atomic E-state index is 12.8. The van der Waals surface area contributed by atoms with Gasteiger partial charge in [-0.3, -0.25) is 4.79 Å². The summed E-state index contributed by atoms with van der Waals surface area (Å²) < 4.78 is 6.07. The molecule has 1 N–H and O–H groups in total. The summed E-state index contributed by atoms with van der Waals surface area (Å²) in [6, 6.07) is 19.4. The highest BCUT2D eigenvalue weighted by Crippen LogP contribution is 2.33. The lowest BCUT2D eigenvalue weighted by molar-refractivity contribution is 0.0691. The molecule has 1 amide bonds. The molecule has 0 atom stereocenters. The Bertz CT molecular complexity index is 1230. The van der Waals surface area contributed by atoms with Crippen LogP contribution in [0.5, 0.6) is 5.75 Å². The van der Waals surface area contributed by atoms with E-state index in [1.165, 1.54) is 12.8 Å². The molecule has 5 nitrogen and oxygen atoms in total. The van der Waals surface area contributed by atoms with Crippen molar-refractivity contribution in [2.45, 2.75) is 51.8 Å². The highest BCUT2D eigenvalue weighted by molar-refractivity contribution is 5.98. The van der Waals surface area contributed by atoms with Crippen molar-refractivity contribution in [1.82, 2.24) is 4.90 Å². The number of carboxylic acid groups (broad SMARTS) is 1. The number of rotatable bonds is 6. The lowest BCUT2D eigenvalue weighted by Gasteiger charge is -2.23. The number of ether oxygens (including phenoxy) is 1. The van der Waals surface area contributed by atoms with Crippen LogP contribution in [0.25, 0.3) is 11.1 Å². The summed E-state index contributed by atoms with van der Waals surface area (Å²) in [6.07, 6.45) is 4.62. The molecule has 168 valence electrons. The first-order valence-electron chi connectivity index (χ1n) is 11.5. The largest absolute Gasteiger partial charge is 0.489 e. The summed E-state index contributed by atoms with van der Waals surface area (Å²) in [5.74, 6) is -0.0187. The van der Waals surface area contributed by atoms with Gasteiger partial charge in [0, 0.05) is 18.2 Å². The molecule has 2 aliphatic rings. The van der Waals surface area contributed by atoms with E-state index in [1.54, 1.807) is 12.1 Å². The summed E-state index contributed by atoms with van der Waals surface area (Å²) in [6.45, 7) is 2.90. The van der Waals surface area contributed by atoms with Crippen molar-refractivity contribution in [3.8, 4) is 16.9 Å². The molecule has 1 aliphatic carbocycles. The second-order valence-corrected chi connectivity index (χ2v) is 8.96. The van der Waals surface area contributed by atoms with Gasteiger partial charge in [-0.25, -0.2) is 4.79 Å². The van der Waals surface area contributed by atoms with Crippen LogP contribution in [0, 0.1) is 6.92 Å². The molecular weight excluding hydrogens is 414 g/mol. The van der Waals surface area contributed by atoms with Crippen LogP contribution in [-0.4, -0.2) is 27.9 Å². The number of carbonyl (C=O) groups excluding carboxylic acids is 1. The van der Waals surface area contributed by atoms with Crippen molar-refractivity contribution in [2.75, 3.05) is 0 Å². The first kappa shape index (κ1) is 21.3. The summed E-state index contributed by atoms with van der Waals surface area (Å²) in [7, 11) is 0. The molecule has 1 heterocycles. The number of hydrogen-bond donors (Lipinski definition) is 1. The molecule has 0 unspecified atom stereocenters. The van der Waals surface area contributed by atoms with Crippen molar-refractivity contribution >= 4 is 11.9 Å². The molecule has 5 heteroatoms. The fraction of sp³-hybridized carbons (Fsp3) is 0.286. The maximum Gasteiger partial charge on any atom is 0.335 e. The number of hydrogen-bond acceptors (Lipinski definition) is 3. The van der Waals surface area contributed by atoms with E-state index >= 15 is 0 Å². The van der Waals surface area contributed by atoms with Gasteiger partial charge in [-0.1, -0.05) is 43.2 Å².